The second-order valence-electron chi connectivity index (χ2n) is 8.89. The maximum Gasteiger partial charge on any atom is 0.251 e. The maximum atomic E-state index is 13.1. The van der Waals surface area contributed by atoms with Gasteiger partial charge in [0.05, 0.1) is 26.0 Å². The zero-order valence-electron chi connectivity index (χ0n) is 21.0. The Kier molecular flexibility index (Phi) is 8.84. The molecule has 2 aromatic carbocycles. The molecule has 2 fully saturated rings. The minimum Gasteiger partial charge on any atom is -0.490 e. The van der Waals surface area contributed by atoms with E-state index in [0.29, 0.717) is 54.8 Å². The average Bonchev–Trinajstić information content (AvgIpc) is 3.37. The highest BCUT2D eigenvalue weighted by Gasteiger charge is 2.32. The molecular formula is C27H38N4O4. The number of carbonyl (C=O) groups is 1. The zero-order chi connectivity index (χ0) is 24.6. The molecule has 0 aliphatic carbocycles. The number of hydrogen-bond acceptors (Lipinski definition) is 7. The molecule has 2 aliphatic heterocycles. The van der Waals surface area contributed by atoms with Crippen LogP contribution in [0.2, 0.25) is 0 Å². The molecule has 8 nitrogen and oxygen atoms in total. The van der Waals surface area contributed by atoms with Crippen LogP contribution in [0.5, 0.6) is 17.2 Å². The topological polar surface area (TPSA) is 84.1 Å². The van der Waals surface area contributed by atoms with Crippen molar-refractivity contribution in [2.45, 2.75) is 58.3 Å². The Morgan fingerprint density at radius 2 is 1.57 bits per heavy atom. The third kappa shape index (κ3) is 6.25. The first-order chi connectivity index (χ1) is 17.1. The van der Waals surface area contributed by atoms with Crippen molar-refractivity contribution < 1.29 is 19.0 Å². The lowest BCUT2D eigenvalue weighted by Gasteiger charge is -2.35. The third-order valence-corrected chi connectivity index (χ3v) is 6.56. The summed E-state index contributed by atoms with van der Waals surface area (Å²) in [5.41, 5.74) is 8.72. The van der Waals surface area contributed by atoms with E-state index in [-0.39, 0.29) is 11.9 Å². The van der Waals surface area contributed by atoms with Gasteiger partial charge in [0.15, 0.2) is 11.5 Å². The lowest BCUT2D eigenvalue weighted by Crippen LogP contribution is -2.51. The van der Waals surface area contributed by atoms with Gasteiger partial charge in [0.2, 0.25) is 5.75 Å². The van der Waals surface area contributed by atoms with Crippen molar-refractivity contribution in [2.24, 2.45) is 0 Å². The quantitative estimate of drug-likeness (QED) is 0.477. The van der Waals surface area contributed by atoms with Gasteiger partial charge < -0.3 is 19.5 Å². The minimum atomic E-state index is -0.113. The van der Waals surface area contributed by atoms with E-state index in [1.165, 1.54) is 5.56 Å². The van der Waals surface area contributed by atoms with Gasteiger partial charge in [-0.05, 0) is 57.7 Å². The van der Waals surface area contributed by atoms with Gasteiger partial charge in [-0.25, -0.2) is 10.9 Å². The van der Waals surface area contributed by atoms with E-state index in [1.54, 1.807) is 12.1 Å². The number of nitrogens with one attached hydrogen (secondary N) is 3. The van der Waals surface area contributed by atoms with Gasteiger partial charge in [0.1, 0.15) is 0 Å². The van der Waals surface area contributed by atoms with Crippen LogP contribution >= 0.6 is 0 Å². The fourth-order valence-electron chi connectivity index (χ4n) is 4.83. The molecule has 8 heteroatoms. The minimum absolute atomic E-state index is 0.113. The predicted octanol–water partition coefficient (Wildman–Crippen LogP) is 3.64. The highest BCUT2D eigenvalue weighted by molar-refractivity contribution is 5.95. The molecule has 0 saturated carbocycles. The fraction of sp³-hybridized carbons (Fsp3) is 0.519. The molecule has 35 heavy (non-hydrogen) atoms. The molecule has 190 valence electrons. The Morgan fingerprint density at radius 1 is 0.943 bits per heavy atom. The lowest BCUT2D eigenvalue weighted by atomic mass is 10.0. The van der Waals surface area contributed by atoms with Crippen molar-refractivity contribution in [3.05, 3.63) is 53.6 Å². The highest BCUT2D eigenvalue weighted by atomic mass is 16.5. The van der Waals surface area contributed by atoms with Gasteiger partial charge in [-0.15, -0.1) is 0 Å². The van der Waals surface area contributed by atoms with Gasteiger partial charge in [-0.3, -0.25) is 9.69 Å². The maximum absolute atomic E-state index is 13.1. The first-order valence-corrected chi connectivity index (χ1v) is 12.8. The van der Waals surface area contributed by atoms with Crippen LogP contribution in [0.4, 0.5) is 0 Å². The van der Waals surface area contributed by atoms with E-state index >= 15 is 0 Å². The molecule has 2 aliphatic rings. The van der Waals surface area contributed by atoms with Crippen LogP contribution in [-0.4, -0.2) is 55.9 Å². The number of piperidine rings is 1. The van der Waals surface area contributed by atoms with Crippen molar-refractivity contribution in [1.82, 2.24) is 21.1 Å². The molecule has 3 N–H and O–H groups in total. The van der Waals surface area contributed by atoms with Gasteiger partial charge in [-0.1, -0.05) is 30.3 Å². The number of amides is 1. The van der Waals surface area contributed by atoms with Crippen LogP contribution in [0, 0.1) is 0 Å². The first kappa shape index (κ1) is 25.3. The Morgan fingerprint density at radius 3 is 2.17 bits per heavy atom. The number of carbonyl (C=O) groups excluding carboxylic acids is 1. The van der Waals surface area contributed by atoms with E-state index in [2.05, 4.69) is 45.3 Å². The van der Waals surface area contributed by atoms with Gasteiger partial charge in [0, 0.05) is 30.7 Å². The summed E-state index contributed by atoms with van der Waals surface area (Å²) < 4.78 is 17.3. The van der Waals surface area contributed by atoms with Crippen molar-refractivity contribution >= 4 is 5.91 Å². The number of rotatable bonds is 10. The first-order valence-electron chi connectivity index (χ1n) is 12.8. The number of ether oxygens (including phenoxy) is 3. The summed E-state index contributed by atoms with van der Waals surface area (Å²) >= 11 is 0. The van der Waals surface area contributed by atoms with Crippen LogP contribution in [0.1, 0.15) is 62.0 Å². The van der Waals surface area contributed by atoms with Gasteiger partial charge in [-0.2, -0.15) is 0 Å². The molecule has 0 spiro atoms. The smallest absolute Gasteiger partial charge is 0.251 e. The standard InChI is InChI=1S/C27H38N4O4/c1-4-33-23-16-20(17-24(34-5-2)26(23)35-6-3)27(32)28-21-12-14-31(15-13-21)25-18-22(29-30-25)19-10-8-7-9-11-19/h7-11,16-17,21-22,25,29-30H,4-6,12-15,18H2,1-3H3,(H,28,32). The molecular weight excluding hydrogens is 444 g/mol. The molecule has 4 rings (SSSR count). The lowest BCUT2D eigenvalue weighted by molar-refractivity contribution is 0.0879. The molecule has 1 amide bonds. The van der Waals surface area contributed by atoms with Gasteiger partial charge in [0.25, 0.3) is 5.91 Å². The number of hydrazine groups is 1. The van der Waals surface area contributed by atoms with E-state index < -0.39 is 0 Å². The van der Waals surface area contributed by atoms with E-state index in [0.717, 1.165) is 32.4 Å². The second kappa shape index (κ2) is 12.2. The Bertz CT molecular complexity index is 936. The normalized spacial score (nSPS) is 21.0. The van der Waals surface area contributed by atoms with Crippen LogP contribution in [-0.2, 0) is 0 Å². The molecule has 0 radical (unpaired) electrons. The largest absolute Gasteiger partial charge is 0.490 e. The molecule has 2 aromatic rings. The summed E-state index contributed by atoms with van der Waals surface area (Å²) in [6, 6.07) is 14.5. The number of nitrogens with zero attached hydrogens (tertiary/aromatic N) is 1. The molecule has 0 aromatic heterocycles. The molecule has 2 unspecified atom stereocenters. The van der Waals surface area contributed by atoms with Crippen LogP contribution < -0.4 is 30.4 Å². The summed E-state index contributed by atoms with van der Waals surface area (Å²) in [5, 5.41) is 3.22. The second-order valence-corrected chi connectivity index (χ2v) is 8.89. The molecule has 2 atom stereocenters. The van der Waals surface area contributed by atoms with Crippen molar-refractivity contribution in [3.8, 4) is 17.2 Å². The van der Waals surface area contributed by atoms with Crippen molar-refractivity contribution in [2.75, 3.05) is 32.9 Å². The third-order valence-electron chi connectivity index (χ3n) is 6.56. The van der Waals surface area contributed by atoms with E-state index in [1.807, 2.05) is 26.8 Å². The molecule has 0 bridgehead atoms. The van der Waals surface area contributed by atoms with Crippen molar-refractivity contribution in [1.29, 1.82) is 0 Å². The van der Waals surface area contributed by atoms with Crippen LogP contribution in [0.3, 0.4) is 0 Å². The monoisotopic (exact) mass is 482 g/mol. The van der Waals surface area contributed by atoms with E-state index in [9.17, 15) is 4.79 Å². The van der Waals surface area contributed by atoms with Crippen LogP contribution in [0.25, 0.3) is 0 Å². The number of benzene rings is 2. The Hall–Kier alpha value is -2.81. The summed E-state index contributed by atoms with van der Waals surface area (Å²) in [5.74, 6) is 1.51. The van der Waals surface area contributed by atoms with Crippen molar-refractivity contribution in [3.63, 3.8) is 0 Å². The zero-order valence-corrected chi connectivity index (χ0v) is 21.0. The average molecular weight is 483 g/mol. The number of likely N-dealkylation sites (tertiary alicyclic amines) is 1. The molecule has 2 saturated heterocycles. The fourth-order valence-corrected chi connectivity index (χ4v) is 4.83. The molecule has 2 heterocycles. The predicted molar refractivity (Wildman–Crippen MR) is 136 cm³/mol. The van der Waals surface area contributed by atoms with Gasteiger partial charge >= 0.3 is 0 Å². The highest BCUT2D eigenvalue weighted by Crippen LogP contribution is 2.39. The Balaban J connectivity index is 1.34. The van der Waals surface area contributed by atoms with Crippen LogP contribution in [0.15, 0.2) is 42.5 Å². The van der Waals surface area contributed by atoms with E-state index in [4.69, 9.17) is 14.2 Å². The SMILES string of the molecule is CCOc1cc(C(=O)NC2CCN(C3CC(c4ccccc4)NN3)CC2)cc(OCC)c1OCC. The summed E-state index contributed by atoms with van der Waals surface area (Å²) in [6.45, 7) is 9.04. The Labute approximate surface area is 208 Å². The summed E-state index contributed by atoms with van der Waals surface area (Å²) in [4.78, 5) is 15.6. The number of hydrogen-bond donors (Lipinski definition) is 3. The summed E-state index contributed by atoms with van der Waals surface area (Å²) in [7, 11) is 0. The summed E-state index contributed by atoms with van der Waals surface area (Å²) in [6.07, 6.45) is 3.14.